The van der Waals surface area contributed by atoms with E-state index in [2.05, 4.69) is 6.07 Å². The van der Waals surface area contributed by atoms with Crippen LogP contribution >= 0.6 is 0 Å². The van der Waals surface area contributed by atoms with Gasteiger partial charge < -0.3 is 9.84 Å². The second-order valence-corrected chi connectivity index (χ2v) is 4.94. The van der Waals surface area contributed by atoms with E-state index in [9.17, 15) is 10.4 Å². The zero-order valence-electron chi connectivity index (χ0n) is 9.33. The molecule has 1 N–H and O–H groups in total. The third-order valence-electron chi connectivity index (χ3n) is 4.34. The van der Waals surface area contributed by atoms with Crippen molar-refractivity contribution < 1.29 is 9.84 Å². The highest BCUT2D eigenvalue weighted by atomic mass is 16.5. The Hall–Kier alpha value is -0.590. The molecule has 0 aliphatic heterocycles. The van der Waals surface area contributed by atoms with Crippen LogP contribution < -0.4 is 0 Å². The van der Waals surface area contributed by atoms with Crippen LogP contribution in [0.2, 0.25) is 0 Å². The predicted molar refractivity (Wildman–Crippen MR) is 56.1 cm³/mol. The largest absolute Gasteiger partial charge is 0.386 e. The van der Waals surface area contributed by atoms with Crippen LogP contribution in [0.1, 0.15) is 44.9 Å². The lowest BCUT2D eigenvalue weighted by Crippen LogP contribution is -2.60. The van der Waals surface area contributed by atoms with Crippen LogP contribution in [0.4, 0.5) is 0 Å². The van der Waals surface area contributed by atoms with Crippen molar-refractivity contribution in [1.29, 1.82) is 5.26 Å². The summed E-state index contributed by atoms with van der Waals surface area (Å²) in [4.78, 5) is 0. The van der Waals surface area contributed by atoms with Crippen LogP contribution in [0, 0.1) is 16.7 Å². The highest BCUT2D eigenvalue weighted by Gasteiger charge is 2.59. The van der Waals surface area contributed by atoms with Gasteiger partial charge in [0, 0.05) is 7.11 Å². The zero-order valence-corrected chi connectivity index (χ0v) is 9.33. The van der Waals surface area contributed by atoms with Crippen molar-refractivity contribution in [2.24, 2.45) is 5.41 Å². The average Bonchev–Trinajstić information content (AvgIpc) is 2.17. The number of hydrogen-bond acceptors (Lipinski definition) is 3. The van der Waals surface area contributed by atoms with Crippen molar-refractivity contribution in [3.63, 3.8) is 0 Å². The number of methoxy groups -OCH3 is 1. The molecule has 2 fully saturated rings. The molecule has 2 atom stereocenters. The maximum Gasteiger partial charge on any atom is 0.109 e. The molecule has 0 radical (unpaired) electrons. The van der Waals surface area contributed by atoms with Crippen molar-refractivity contribution in [3.05, 3.63) is 0 Å². The molecule has 2 aliphatic carbocycles. The molecule has 2 rings (SSSR count). The van der Waals surface area contributed by atoms with E-state index in [0.717, 1.165) is 44.9 Å². The van der Waals surface area contributed by atoms with E-state index in [4.69, 9.17) is 4.74 Å². The predicted octanol–water partition coefficient (Wildman–Crippen LogP) is 2.00. The Morgan fingerprint density at radius 1 is 1.27 bits per heavy atom. The van der Waals surface area contributed by atoms with Crippen LogP contribution in [0.25, 0.3) is 0 Å². The van der Waals surface area contributed by atoms with Crippen LogP contribution in [0.5, 0.6) is 0 Å². The molecule has 0 amide bonds. The Kier molecular flexibility index (Phi) is 2.74. The molecule has 15 heavy (non-hydrogen) atoms. The second-order valence-electron chi connectivity index (χ2n) is 4.94. The quantitative estimate of drug-likeness (QED) is 0.756. The smallest absolute Gasteiger partial charge is 0.109 e. The summed E-state index contributed by atoms with van der Waals surface area (Å²) in [5.41, 5.74) is -1.42. The Morgan fingerprint density at radius 3 is 2.47 bits per heavy atom. The zero-order chi connectivity index (χ0) is 10.9. The van der Waals surface area contributed by atoms with Gasteiger partial charge in [-0.1, -0.05) is 19.3 Å². The highest BCUT2D eigenvalue weighted by molar-refractivity contribution is 5.18. The summed E-state index contributed by atoms with van der Waals surface area (Å²) in [6.07, 6.45) is 6.30. The number of rotatable bonds is 2. The molecule has 3 heteroatoms. The van der Waals surface area contributed by atoms with E-state index >= 15 is 0 Å². The molecule has 0 aromatic carbocycles. The minimum absolute atomic E-state index is 0.147. The van der Waals surface area contributed by atoms with Gasteiger partial charge in [0.2, 0.25) is 0 Å². The number of nitrogens with zero attached hydrogens (tertiary/aromatic N) is 1. The molecule has 2 unspecified atom stereocenters. The Labute approximate surface area is 91.0 Å². The third kappa shape index (κ3) is 1.39. The summed E-state index contributed by atoms with van der Waals surface area (Å²) in [5.74, 6) is 0. The van der Waals surface area contributed by atoms with Gasteiger partial charge in [0.15, 0.2) is 0 Å². The van der Waals surface area contributed by atoms with Gasteiger partial charge in [0.1, 0.15) is 5.60 Å². The monoisotopic (exact) mass is 209 g/mol. The first-order valence-electron chi connectivity index (χ1n) is 5.85. The Bertz CT molecular complexity index is 280. The van der Waals surface area contributed by atoms with Crippen LogP contribution in [-0.2, 0) is 4.74 Å². The Morgan fingerprint density at radius 2 is 2.00 bits per heavy atom. The number of nitriles is 1. The molecule has 0 aromatic heterocycles. The van der Waals surface area contributed by atoms with Crippen molar-refractivity contribution in [2.75, 3.05) is 7.11 Å². The van der Waals surface area contributed by atoms with Crippen molar-refractivity contribution in [1.82, 2.24) is 0 Å². The molecular formula is C12H19NO2. The van der Waals surface area contributed by atoms with Crippen LogP contribution in [0.3, 0.4) is 0 Å². The maximum absolute atomic E-state index is 10.8. The SMILES string of the molecule is COC1CCCCC1(O)C1(C#N)CCC1. The fourth-order valence-corrected chi connectivity index (χ4v) is 3.16. The average molecular weight is 209 g/mol. The molecule has 84 valence electrons. The molecular weight excluding hydrogens is 190 g/mol. The van der Waals surface area contributed by atoms with E-state index in [1.54, 1.807) is 7.11 Å². The van der Waals surface area contributed by atoms with E-state index < -0.39 is 11.0 Å². The lowest BCUT2D eigenvalue weighted by molar-refractivity contribution is -0.191. The summed E-state index contributed by atoms with van der Waals surface area (Å²) in [5, 5.41) is 20.1. The summed E-state index contributed by atoms with van der Waals surface area (Å²) >= 11 is 0. The van der Waals surface area contributed by atoms with Gasteiger partial charge in [-0.2, -0.15) is 5.26 Å². The first kappa shape index (κ1) is 10.9. The van der Waals surface area contributed by atoms with Gasteiger partial charge >= 0.3 is 0 Å². The van der Waals surface area contributed by atoms with Crippen molar-refractivity contribution >= 4 is 0 Å². The van der Waals surface area contributed by atoms with E-state index in [-0.39, 0.29) is 6.10 Å². The van der Waals surface area contributed by atoms with E-state index in [1.165, 1.54) is 0 Å². The molecule has 0 spiro atoms. The van der Waals surface area contributed by atoms with Crippen LogP contribution in [-0.4, -0.2) is 23.9 Å². The number of aliphatic hydroxyl groups is 1. The summed E-state index contributed by atoms with van der Waals surface area (Å²) < 4.78 is 5.39. The fraction of sp³-hybridized carbons (Fsp3) is 0.917. The minimum atomic E-state index is -0.896. The molecule has 0 aromatic rings. The first-order valence-corrected chi connectivity index (χ1v) is 5.85. The highest BCUT2D eigenvalue weighted by Crippen LogP contribution is 2.54. The second kappa shape index (κ2) is 3.77. The molecule has 2 aliphatic rings. The van der Waals surface area contributed by atoms with Gasteiger partial charge in [-0.05, 0) is 25.7 Å². The lowest BCUT2D eigenvalue weighted by Gasteiger charge is -2.53. The topological polar surface area (TPSA) is 53.2 Å². The lowest BCUT2D eigenvalue weighted by atomic mass is 9.55. The Balaban J connectivity index is 2.25. The standard InChI is InChI=1S/C12H19NO2/c1-15-10-5-2-3-8-12(10,14)11(9-13)6-4-7-11/h10,14H,2-8H2,1H3. The summed E-state index contributed by atoms with van der Waals surface area (Å²) in [6.45, 7) is 0. The normalized spacial score (nSPS) is 39.1. The molecule has 0 heterocycles. The third-order valence-corrected chi connectivity index (χ3v) is 4.34. The molecule has 2 saturated carbocycles. The first-order chi connectivity index (χ1) is 7.18. The number of ether oxygens (including phenoxy) is 1. The molecule has 0 saturated heterocycles. The minimum Gasteiger partial charge on any atom is -0.386 e. The molecule has 0 bridgehead atoms. The van der Waals surface area contributed by atoms with Crippen molar-refractivity contribution in [2.45, 2.75) is 56.7 Å². The van der Waals surface area contributed by atoms with Crippen molar-refractivity contribution in [3.8, 4) is 6.07 Å². The van der Waals surface area contributed by atoms with E-state index in [1.807, 2.05) is 0 Å². The van der Waals surface area contributed by atoms with Gasteiger partial charge in [0.25, 0.3) is 0 Å². The maximum atomic E-state index is 10.8. The fourth-order valence-electron chi connectivity index (χ4n) is 3.16. The van der Waals surface area contributed by atoms with Crippen LogP contribution in [0.15, 0.2) is 0 Å². The molecule has 3 nitrogen and oxygen atoms in total. The van der Waals surface area contributed by atoms with Gasteiger partial charge in [0.05, 0.1) is 17.6 Å². The van der Waals surface area contributed by atoms with Gasteiger partial charge in [-0.15, -0.1) is 0 Å². The van der Waals surface area contributed by atoms with Gasteiger partial charge in [-0.25, -0.2) is 0 Å². The number of hydrogen-bond donors (Lipinski definition) is 1. The van der Waals surface area contributed by atoms with Gasteiger partial charge in [-0.3, -0.25) is 0 Å². The van der Waals surface area contributed by atoms with E-state index in [0.29, 0.717) is 0 Å². The summed E-state index contributed by atoms with van der Waals surface area (Å²) in [7, 11) is 1.64. The summed E-state index contributed by atoms with van der Waals surface area (Å²) in [6, 6.07) is 2.36.